The Kier molecular flexibility index (Phi) is 2.97. The first-order chi connectivity index (χ1) is 7.99. The van der Waals surface area contributed by atoms with Crippen LogP contribution in [0.5, 0.6) is 0 Å². The maximum absolute atomic E-state index is 9.89. The van der Waals surface area contributed by atoms with Crippen LogP contribution in [-0.4, -0.2) is 39.6 Å². The largest absolute Gasteiger partial charge is 0.390 e. The van der Waals surface area contributed by atoms with E-state index in [1.165, 1.54) is 6.20 Å². The third-order valence-electron chi connectivity index (χ3n) is 3.07. The molecule has 1 aliphatic rings. The van der Waals surface area contributed by atoms with Crippen LogP contribution < -0.4 is 10.6 Å². The van der Waals surface area contributed by atoms with E-state index in [0.29, 0.717) is 37.4 Å². The molecule has 2 heterocycles. The number of hydrogen-bond donors (Lipinski definition) is 3. The number of nitrogens with one attached hydrogen (secondary N) is 1. The molecule has 0 bridgehead atoms. The van der Waals surface area contributed by atoms with Gasteiger partial charge in [0.25, 0.3) is 0 Å². The monoisotopic (exact) mass is 235 g/mol. The Morgan fingerprint density at radius 2 is 2.00 bits per heavy atom. The number of piperidine rings is 1. The fourth-order valence-electron chi connectivity index (χ4n) is 1.95. The molecule has 2 rings (SSSR count). The summed E-state index contributed by atoms with van der Waals surface area (Å²) in [6.45, 7) is 3.24. The molecule has 6 nitrogen and oxygen atoms in total. The lowest BCUT2D eigenvalue weighted by atomic mass is 9.94. The molecule has 1 aromatic rings. The lowest BCUT2D eigenvalue weighted by Gasteiger charge is -2.36. The van der Waals surface area contributed by atoms with Crippen LogP contribution in [0.15, 0.2) is 12.4 Å². The second-order valence-corrected chi connectivity index (χ2v) is 4.63. The molecule has 1 saturated heterocycles. The average Bonchev–Trinajstić information content (AvgIpc) is 2.29. The van der Waals surface area contributed by atoms with E-state index in [-0.39, 0.29) is 5.84 Å². The van der Waals surface area contributed by atoms with Crippen molar-refractivity contribution in [1.82, 2.24) is 9.97 Å². The van der Waals surface area contributed by atoms with Crippen molar-refractivity contribution < 1.29 is 5.11 Å². The van der Waals surface area contributed by atoms with E-state index in [1.807, 2.05) is 11.8 Å². The highest BCUT2D eigenvalue weighted by Gasteiger charge is 2.29. The van der Waals surface area contributed by atoms with Gasteiger partial charge in [-0.25, -0.2) is 9.97 Å². The predicted octanol–water partition coefficient (Wildman–Crippen LogP) is 0.112. The molecule has 0 aromatic carbocycles. The van der Waals surface area contributed by atoms with E-state index in [0.717, 1.165) is 0 Å². The van der Waals surface area contributed by atoms with Gasteiger partial charge < -0.3 is 15.7 Å². The lowest BCUT2D eigenvalue weighted by Crippen LogP contribution is -2.43. The minimum Gasteiger partial charge on any atom is -0.390 e. The number of rotatable bonds is 2. The third kappa shape index (κ3) is 2.52. The summed E-state index contributed by atoms with van der Waals surface area (Å²) >= 11 is 0. The number of aromatic nitrogens is 2. The van der Waals surface area contributed by atoms with Gasteiger partial charge in [-0.3, -0.25) is 5.41 Å². The lowest BCUT2D eigenvalue weighted by molar-refractivity contribution is 0.0350. The summed E-state index contributed by atoms with van der Waals surface area (Å²) in [5, 5.41) is 17.4. The van der Waals surface area contributed by atoms with Crippen molar-refractivity contribution in [3.05, 3.63) is 18.1 Å². The molecule has 92 valence electrons. The zero-order valence-corrected chi connectivity index (χ0v) is 9.85. The van der Waals surface area contributed by atoms with Crippen LogP contribution in [0.25, 0.3) is 0 Å². The van der Waals surface area contributed by atoms with Crippen LogP contribution in [0.3, 0.4) is 0 Å². The van der Waals surface area contributed by atoms with Gasteiger partial charge in [-0.1, -0.05) is 0 Å². The SMILES string of the molecule is CC1(O)CCN(c2nccnc2C(=N)N)CC1. The summed E-state index contributed by atoms with van der Waals surface area (Å²) in [4.78, 5) is 10.3. The van der Waals surface area contributed by atoms with Crippen molar-refractivity contribution in [2.75, 3.05) is 18.0 Å². The van der Waals surface area contributed by atoms with E-state index >= 15 is 0 Å². The van der Waals surface area contributed by atoms with Gasteiger partial charge in [-0.05, 0) is 19.8 Å². The molecule has 6 heteroatoms. The van der Waals surface area contributed by atoms with E-state index in [4.69, 9.17) is 11.1 Å². The van der Waals surface area contributed by atoms with Gasteiger partial charge in [0.1, 0.15) is 11.5 Å². The average molecular weight is 235 g/mol. The number of nitrogen functional groups attached to an aromatic ring is 1. The summed E-state index contributed by atoms with van der Waals surface area (Å²) in [5.74, 6) is 0.556. The van der Waals surface area contributed by atoms with Gasteiger partial charge in [0.05, 0.1) is 5.60 Å². The second kappa shape index (κ2) is 4.29. The standard InChI is InChI=1S/C11H17N5O/c1-11(17)2-6-16(7-3-11)10-8(9(12)13)14-4-5-15-10/h4-5,17H,2-3,6-7H2,1H3,(H3,12,13). The van der Waals surface area contributed by atoms with Gasteiger partial charge in [-0.15, -0.1) is 0 Å². The fraction of sp³-hybridized carbons (Fsp3) is 0.545. The number of anilines is 1. The first-order valence-electron chi connectivity index (χ1n) is 5.62. The summed E-state index contributed by atoms with van der Waals surface area (Å²) in [5.41, 5.74) is 5.29. The van der Waals surface area contributed by atoms with Crippen LogP contribution in [0.2, 0.25) is 0 Å². The highest BCUT2D eigenvalue weighted by Crippen LogP contribution is 2.25. The Morgan fingerprint density at radius 1 is 1.41 bits per heavy atom. The summed E-state index contributed by atoms with van der Waals surface area (Å²) in [7, 11) is 0. The van der Waals surface area contributed by atoms with Crippen molar-refractivity contribution in [2.45, 2.75) is 25.4 Å². The quantitative estimate of drug-likeness (QED) is 0.499. The van der Waals surface area contributed by atoms with Crippen LogP contribution in [0, 0.1) is 5.41 Å². The smallest absolute Gasteiger partial charge is 0.158 e. The van der Waals surface area contributed by atoms with Crippen LogP contribution in [0.4, 0.5) is 5.82 Å². The van der Waals surface area contributed by atoms with Crippen molar-refractivity contribution >= 4 is 11.7 Å². The zero-order valence-electron chi connectivity index (χ0n) is 9.85. The Labute approximate surface area is 100.0 Å². The number of nitrogens with zero attached hydrogens (tertiary/aromatic N) is 3. The third-order valence-corrected chi connectivity index (χ3v) is 3.07. The van der Waals surface area contributed by atoms with Gasteiger partial charge in [0, 0.05) is 25.5 Å². The topological polar surface area (TPSA) is 99.1 Å². The maximum atomic E-state index is 9.89. The highest BCUT2D eigenvalue weighted by molar-refractivity contribution is 5.97. The Bertz CT molecular complexity index is 422. The summed E-state index contributed by atoms with van der Waals surface area (Å²) < 4.78 is 0. The molecule has 1 aliphatic heterocycles. The summed E-state index contributed by atoms with van der Waals surface area (Å²) in [6.07, 6.45) is 4.48. The first kappa shape index (κ1) is 11.8. The molecule has 0 atom stereocenters. The molecule has 0 saturated carbocycles. The number of amidine groups is 1. The molecule has 0 amide bonds. The van der Waals surface area contributed by atoms with Gasteiger partial charge in [-0.2, -0.15) is 0 Å². The van der Waals surface area contributed by atoms with Gasteiger partial charge >= 0.3 is 0 Å². The predicted molar refractivity (Wildman–Crippen MR) is 65.1 cm³/mol. The maximum Gasteiger partial charge on any atom is 0.158 e. The van der Waals surface area contributed by atoms with Gasteiger partial charge in [0.15, 0.2) is 5.82 Å². The molecule has 0 radical (unpaired) electrons. The highest BCUT2D eigenvalue weighted by atomic mass is 16.3. The minimum atomic E-state index is -0.602. The van der Waals surface area contributed by atoms with E-state index in [2.05, 4.69) is 9.97 Å². The zero-order chi connectivity index (χ0) is 12.5. The number of nitrogens with two attached hydrogens (primary N) is 1. The molecule has 17 heavy (non-hydrogen) atoms. The second-order valence-electron chi connectivity index (χ2n) is 4.63. The Hall–Kier alpha value is -1.69. The minimum absolute atomic E-state index is 0.0783. The molecular weight excluding hydrogens is 218 g/mol. The van der Waals surface area contributed by atoms with Crippen LogP contribution in [-0.2, 0) is 0 Å². The van der Waals surface area contributed by atoms with Crippen molar-refractivity contribution in [3.8, 4) is 0 Å². The molecular formula is C11H17N5O. The van der Waals surface area contributed by atoms with E-state index in [9.17, 15) is 5.11 Å². The van der Waals surface area contributed by atoms with Crippen molar-refractivity contribution in [1.29, 1.82) is 5.41 Å². The van der Waals surface area contributed by atoms with Gasteiger partial charge in [0.2, 0.25) is 0 Å². The molecule has 0 spiro atoms. The Balaban J connectivity index is 2.21. The molecule has 0 unspecified atom stereocenters. The van der Waals surface area contributed by atoms with Crippen molar-refractivity contribution in [2.24, 2.45) is 5.73 Å². The number of hydrogen-bond acceptors (Lipinski definition) is 5. The first-order valence-corrected chi connectivity index (χ1v) is 5.62. The number of aliphatic hydroxyl groups is 1. The van der Waals surface area contributed by atoms with Crippen LogP contribution in [0.1, 0.15) is 25.5 Å². The normalized spacial score (nSPS) is 19.1. The van der Waals surface area contributed by atoms with Crippen LogP contribution >= 0.6 is 0 Å². The van der Waals surface area contributed by atoms with E-state index in [1.54, 1.807) is 6.20 Å². The molecule has 0 aliphatic carbocycles. The molecule has 4 N–H and O–H groups in total. The fourth-order valence-corrected chi connectivity index (χ4v) is 1.95. The van der Waals surface area contributed by atoms with Crippen molar-refractivity contribution in [3.63, 3.8) is 0 Å². The molecule has 1 fully saturated rings. The molecule has 1 aromatic heterocycles. The van der Waals surface area contributed by atoms with E-state index < -0.39 is 5.60 Å². The summed E-state index contributed by atoms with van der Waals surface area (Å²) in [6, 6.07) is 0. The Morgan fingerprint density at radius 3 is 2.59 bits per heavy atom.